The Morgan fingerprint density at radius 3 is 2.50 bits per heavy atom. The van der Waals surface area contributed by atoms with Crippen LogP contribution in [-0.2, 0) is 4.79 Å². The Balaban J connectivity index is 1.94. The van der Waals surface area contributed by atoms with Crippen molar-refractivity contribution in [1.29, 1.82) is 5.26 Å². The van der Waals surface area contributed by atoms with E-state index in [1.165, 1.54) is 0 Å². The maximum absolute atomic E-state index is 11.7. The molecule has 14 heavy (non-hydrogen) atoms. The fraction of sp³-hybridized carbons (Fsp3) is 0.800. The van der Waals surface area contributed by atoms with Gasteiger partial charge in [0.05, 0.1) is 12.1 Å². The summed E-state index contributed by atoms with van der Waals surface area (Å²) in [5.74, 6) is 0.915. The maximum Gasteiger partial charge on any atom is 0.240 e. The van der Waals surface area contributed by atoms with Crippen LogP contribution in [0.15, 0.2) is 0 Å². The smallest absolute Gasteiger partial charge is 0.240 e. The van der Waals surface area contributed by atoms with E-state index >= 15 is 0 Å². The summed E-state index contributed by atoms with van der Waals surface area (Å²) in [6.07, 6.45) is 1.46. The topological polar surface area (TPSA) is 52.9 Å². The summed E-state index contributed by atoms with van der Waals surface area (Å²) < 4.78 is 0.140. The highest BCUT2D eigenvalue weighted by molar-refractivity contribution is 8.02. The molecule has 1 amide bonds. The third kappa shape index (κ3) is 1.40. The van der Waals surface area contributed by atoms with Gasteiger partial charge in [-0.15, -0.1) is 0 Å². The van der Waals surface area contributed by atoms with Crippen LogP contribution in [0, 0.1) is 16.7 Å². The van der Waals surface area contributed by atoms with Crippen LogP contribution in [0.3, 0.4) is 0 Å². The van der Waals surface area contributed by atoms with E-state index in [4.69, 9.17) is 5.26 Å². The van der Waals surface area contributed by atoms with Crippen molar-refractivity contribution >= 4 is 17.7 Å². The van der Waals surface area contributed by atoms with Crippen molar-refractivity contribution in [3.05, 3.63) is 0 Å². The Morgan fingerprint density at radius 2 is 2.21 bits per heavy atom. The first-order chi connectivity index (χ1) is 6.50. The summed E-state index contributed by atoms with van der Waals surface area (Å²) >= 11 is 1.85. The number of amides is 1. The van der Waals surface area contributed by atoms with Crippen LogP contribution < -0.4 is 5.32 Å². The van der Waals surface area contributed by atoms with Crippen molar-refractivity contribution in [2.75, 3.05) is 5.75 Å². The number of carbonyl (C=O) groups is 1. The second-order valence-corrected chi connectivity index (χ2v) is 6.31. The van der Waals surface area contributed by atoms with E-state index in [0.717, 1.165) is 18.6 Å². The highest BCUT2D eigenvalue weighted by atomic mass is 32.2. The number of carbonyl (C=O) groups excluding carboxylic acids is 1. The summed E-state index contributed by atoms with van der Waals surface area (Å²) in [6, 6.07) is 2.36. The molecule has 4 heteroatoms. The monoisotopic (exact) mass is 210 g/mol. The van der Waals surface area contributed by atoms with Crippen LogP contribution in [0.5, 0.6) is 0 Å². The molecule has 76 valence electrons. The minimum atomic E-state index is -0.670. The Bertz CT molecular complexity index is 315. The molecule has 1 atom stereocenters. The van der Waals surface area contributed by atoms with Gasteiger partial charge in [0.15, 0.2) is 0 Å². The van der Waals surface area contributed by atoms with Gasteiger partial charge in [0, 0.05) is 10.5 Å². The van der Waals surface area contributed by atoms with E-state index < -0.39 is 5.41 Å². The number of rotatable bonds is 2. The molecule has 0 aromatic heterocycles. The first-order valence-electron chi connectivity index (χ1n) is 4.86. The van der Waals surface area contributed by atoms with Gasteiger partial charge in [0.1, 0.15) is 5.41 Å². The summed E-state index contributed by atoms with van der Waals surface area (Å²) in [5, 5.41) is 11.8. The lowest BCUT2D eigenvalue weighted by Crippen LogP contribution is -2.57. The standard InChI is InChI=1S/C10H14N2OS/c1-9(2)7(5-14-9)12-8(13)10(6-11)3-4-10/h7H,3-5H2,1-2H3,(H,12,13). The Hall–Kier alpha value is -0.690. The molecule has 3 nitrogen and oxygen atoms in total. The molecule has 0 spiro atoms. The molecule has 0 bridgehead atoms. The zero-order chi connectivity index (χ0) is 10.4. The van der Waals surface area contributed by atoms with Gasteiger partial charge in [0.25, 0.3) is 0 Å². The summed E-state index contributed by atoms with van der Waals surface area (Å²) in [7, 11) is 0. The van der Waals surface area contributed by atoms with Crippen LogP contribution in [0.25, 0.3) is 0 Å². The van der Waals surface area contributed by atoms with Crippen LogP contribution in [0.4, 0.5) is 0 Å². The average Bonchev–Trinajstić information content (AvgIpc) is 2.93. The number of nitrogens with zero attached hydrogens (tertiary/aromatic N) is 1. The average molecular weight is 210 g/mol. The molecule has 0 aromatic carbocycles. The first-order valence-corrected chi connectivity index (χ1v) is 5.85. The molecule has 1 heterocycles. The lowest BCUT2D eigenvalue weighted by atomic mass is 10.0. The van der Waals surface area contributed by atoms with Gasteiger partial charge in [-0.05, 0) is 26.7 Å². The van der Waals surface area contributed by atoms with Gasteiger partial charge < -0.3 is 5.32 Å². The minimum absolute atomic E-state index is 0.0571. The van der Waals surface area contributed by atoms with Crippen LogP contribution in [-0.4, -0.2) is 22.4 Å². The molecule has 1 N–H and O–H groups in total. The molecular formula is C10H14N2OS. The fourth-order valence-corrected chi connectivity index (χ4v) is 2.67. The van der Waals surface area contributed by atoms with E-state index in [1.807, 2.05) is 11.8 Å². The summed E-state index contributed by atoms with van der Waals surface area (Å²) in [6.45, 7) is 4.25. The number of thioether (sulfide) groups is 1. The molecule has 2 rings (SSSR count). The predicted molar refractivity (Wildman–Crippen MR) is 55.7 cm³/mol. The van der Waals surface area contributed by atoms with Gasteiger partial charge in [0.2, 0.25) is 5.91 Å². The molecule has 1 saturated heterocycles. The van der Waals surface area contributed by atoms with Gasteiger partial charge >= 0.3 is 0 Å². The quantitative estimate of drug-likeness (QED) is 0.747. The fourth-order valence-electron chi connectivity index (χ4n) is 1.53. The molecular weight excluding hydrogens is 196 g/mol. The van der Waals surface area contributed by atoms with Gasteiger partial charge in [-0.25, -0.2) is 0 Å². The molecule has 0 radical (unpaired) electrons. The van der Waals surface area contributed by atoms with E-state index in [1.54, 1.807) is 0 Å². The van der Waals surface area contributed by atoms with Crippen LogP contribution in [0.2, 0.25) is 0 Å². The van der Waals surface area contributed by atoms with Crippen molar-refractivity contribution in [2.45, 2.75) is 37.5 Å². The molecule has 1 aliphatic carbocycles. The zero-order valence-electron chi connectivity index (χ0n) is 8.46. The summed E-state index contributed by atoms with van der Waals surface area (Å²) in [4.78, 5) is 11.7. The van der Waals surface area contributed by atoms with Gasteiger partial charge in [-0.2, -0.15) is 17.0 Å². The maximum atomic E-state index is 11.7. The Morgan fingerprint density at radius 1 is 1.57 bits per heavy atom. The number of nitriles is 1. The highest BCUT2D eigenvalue weighted by Crippen LogP contribution is 2.46. The minimum Gasteiger partial charge on any atom is -0.350 e. The van der Waals surface area contributed by atoms with Crippen molar-refractivity contribution in [2.24, 2.45) is 5.41 Å². The van der Waals surface area contributed by atoms with E-state index in [2.05, 4.69) is 25.2 Å². The molecule has 1 unspecified atom stereocenters. The predicted octanol–water partition coefficient (Wildman–Crippen LogP) is 1.30. The Kier molecular flexibility index (Phi) is 2.04. The molecule has 1 aliphatic heterocycles. The Labute approximate surface area is 88.2 Å². The van der Waals surface area contributed by atoms with E-state index in [0.29, 0.717) is 0 Å². The second kappa shape index (κ2) is 2.90. The van der Waals surface area contributed by atoms with Crippen LogP contribution >= 0.6 is 11.8 Å². The SMILES string of the molecule is CC1(C)SCC1NC(=O)C1(C#N)CC1. The third-order valence-corrected chi connectivity index (χ3v) is 4.69. The van der Waals surface area contributed by atoms with Crippen molar-refractivity contribution in [3.63, 3.8) is 0 Å². The molecule has 2 aliphatic rings. The summed E-state index contributed by atoms with van der Waals surface area (Å²) in [5.41, 5.74) is -0.670. The highest BCUT2D eigenvalue weighted by Gasteiger charge is 2.52. The van der Waals surface area contributed by atoms with Crippen molar-refractivity contribution in [1.82, 2.24) is 5.32 Å². The van der Waals surface area contributed by atoms with E-state index in [-0.39, 0.29) is 16.7 Å². The van der Waals surface area contributed by atoms with E-state index in [9.17, 15) is 4.79 Å². The zero-order valence-corrected chi connectivity index (χ0v) is 9.28. The largest absolute Gasteiger partial charge is 0.350 e. The third-order valence-electron chi connectivity index (χ3n) is 3.17. The second-order valence-electron chi connectivity index (χ2n) is 4.63. The van der Waals surface area contributed by atoms with Gasteiger partial charge in [-0.1, -0.05) is 0 Å². The molecule has 2 fully saturated rings. The lowest BCUT2D eigenvalue weighted by Gasteiger charge is -2.44. The van der Waals surface area contributed by atoms with Gasteiger partial charge in [-0.3, -0.25) is 4.79 Å². The van der Waals surface area contributed by atoms with Crippen LogP contribution in [0.1, 0.15) is 26.7 Å². The normalized spacial score (nSPS) is 31.1. The number of nitrogens with one attached hydrogen (secondary N) is 1. The molecule has 1 saturated carbocycles. The lowest BCUT2D eigenvalue weighted by molar-refractivity contribution is -0.125. The first kappa shape index (κ1) is 9.85. The van der Waals surface area contributed by atoms with Crippen molar-refractivity contribution in [3.8, 4) is 6.07 Å². The molecule has 0 aromatic rings. The van der Waals surface area contributed by atoms with Crippen molar-refractivity contribution < 1.29 is 4.79 Å². The number of hydrogen-bond acceptors (Lipinski definition) is 3. The number of hydrogen-bond donors (Lipinski definition) is 1.